The van der Waals surface area contributed by atoms with Gasteiger partial charge in [-0.2, -0.15) is 0 Å². The summed E-state index contributed by atoms with van der Waals surface area (Å²) in [5.74, 6) is 0. The highest BCUT2D eigenvalue weighted by Gasteiger charge is 2.23. The Balaban J connectivity index is 1.65. The Hall–Kier alpha value is -3.66. The van der Waals surface area contributed by atoms with Crippen LogP contribution in [0.4, 0.5) is 0 Å². The molecule has 35 heavy (non-hydrogen) atoms. The van der Waals surface area contributed by atoms with Crippen LogP contribution in [-0.2, 0) is 10.8 Å². The molecule has 0 aliphatic heterocycles. The van der Waals surface area contributed by atoms with E-state index in [2.05, 4.69) is 90.1 Å². The Morgan fingerprint density at radius 1 is 0.486 bits per heavy atom. The van der Waals surface area contributed by atoms with Crippen LogP contribution in [0.3, 0.4) is 0 Å². The maximum absolute atomic E-state index is 5.12. The van der Waals surface area contributed by atoms with Gasteiger partial charge >= 0.3 is 0 Å². The molecule has 0 spiro atoms. The Labute approximate surface area is 207 Å². The van der Waals surface area contributed by atoms with Gasteiger partial charge in [0.2, 0.25) is 0 Å². The highest BCUT2D eigenvalue weighted by molar-refractivity contribution is 5.87. The Bertz CT molecular complexity index is 1560. The third-order valence-corrected chi connectivity index (χ3v) is 6.30. The first-order chi connectivity index (χ1) is 16.5. The number of benzene rings is 3. The first-order valence-electron chi connectivity index (χ1n) is 12.2. The second-order valence-electron chi connectivity index (χ2n) is 11.4. The van der Waals surface area contributed by atoms with Crippen LogP contribution in [-0.4, -0.2) is 19.9 Å². The van der Waals surface area contributed by atoms with Crippen molar-refractivity contribution >= 4 is 22.1 Å². The smallest absolute Gasteiger partial charge is 0.0930 e. The normalized spacial score (nSPS) is 12.4. The Kier molecular flexibility index (Phi) is 5.43. The zero-order valence-electron chi connectivity index (χ0n) is 21.6. The molecule has 0 aliphatic rings. The van der Waals surface area contributed by atoms with Gasteiger partial charge in [0.25, 0.3) is 0 Å². The van der Waals surface area contributed by atoms with Crippen molar-refractivity contribution in [2.75, 3.05) is 0 Å². The van der Waals surface area contributed by atoms with Gasteiger partial charge in [-0.25, -0.2) is 19.9 Å². The van der Waals surface area contributed by atoms with Crippen LogP contribution >= 0.6 is 0 Å². The predicted molar refractivity (Wildman–Crippen MR) is 146 cm³/mol. The molecule has 4 nitrogen and oxygen atoms in total. The van der Waals surface area contributed by atoms with Gasteiger partial charge in [0.15, 0.2) is 0 Å². The lowest BCUT2D eigenvalue weighted by atomic mass is 9.88. The van der Waals surface area contributed by atoms with Crippen molar-refractivity contribution in [3.8, 4) is 22.4 Å². The van der Waals surface area contributed by atoms with Gasteiger partial charge in [-0.1, -0.05) is 84.0 Å². The van der Waals surface area contributed by atoms with Crippen molar-refractivity contribution in [2.45, 2.75) is 59.3 Å². The SMILES string of the molecule is Cc1nc2cc(-c3ccc4nc(C(C)(C)C)c(-c5ccccc5)nc4c3)ccc2nc1C(C)(C)C. The van der Waals surface area contributed by atoms with Crippen molar-refractivity contribution in [1.82, 2.24) is 19.9 Å². The molecule has 2 aromatic heterocycles. The summed E-state index contributed by atoms with van der Waals surface area (Å²) in [4.78, 5) is 20.0. The minimum absolute atomic E-state index is 0.0384. The van der Waals surface area contributed by atoms with Crippen LogP contribution in [0.15, 0.2) is 66.7 Å². The average Bonchev–Trinajstić information content (AvgIpc) is 2.81. The summed E-state index contributed by atoms with van der Waals surface area (Å²) in [7, 11) is 0. The second kappa shape index (κ2) is 8.23. The number of rotatable bonds is 2. The third-order valence-electron chi connectivity index (χ3n) is 6.30. The van der Waals surface area contributed by atoms with Gasteiger partial charge < -0.3 is 0 Å². The molecule has 176 valence electrons. The zero-order valence-corrected chi connectivity index (χ0v) is 21.6. The number of fused-ring (bicyclic) bond motifs is 2. The number of aryl methyl sites for hydroxylation is 1. The molecule has 0 saturated carbocycles. The molecular weight excluding hydrogens is 428 g/mol. The molecule has 5 rings (SSSR count). The molecule has 0 radical (unpaired) electrons. The molecule has 3 aromatic carbocycles. The van der Waals surface area contributed by atoms with Gasteiger partial charge in [-0.3, -0.25) is 0 Å². The van der Waals surface area contributed by atoms with E-state index in [9.17, 15) is 0 Å². The van der Waals surface area contributed by atoms with E-state index in [0.717, 1.165) is 61.5 Å². The number of hydrogen-bond donors (Lipinski definition) is 0. The van der Waals surface area contributed by atoms with E-state index in [-0.39, 0.29) is 10.8 Å². The molecule has 5 aromatic rings. The number of hydrogen-bond acceptors (Lipinski definition) is 4. The lowest BCUT2D eigenvalue weighted by molar-refractivity contribution is 0.563. The fourth-order valence-corrected chi connectivity index (χ4v) is 4.59. The van der Waals surface area contributed by atoms with Crippen molar-refractivity contribution < 1.29 is 0 Å². The van der Waals surface area contributed by atoms with Gasteiger partial charge in [0.1, 0.15) is 0 Å². The van der Waals surface area contributed by atoms with Crippen LogP contribution in [0.2, 0.25) is 0 Å². The lowest BCUT2D eigenvalue weighted by Gasteiger charge is -2.22. The first kappa shape index (κ1) is 23.1. The summed E-state index contributed by atoms with van der Waals surface area (Å²) in [5, 5.41) is 0. The van der Waals surface area contributed by atoms with E-state index in [1.165, 1.54) is 0 Å². The predicted octanol–water partition coefficient (Wildman–Crippen LogP) is 7.81. The van der Waals surface area contributed by atoms with Gasteiger partial charge in [0, 0.05) is 16.4 Å². The molecular formula is C31H32N4. The van der Waals surface area contributed by atoms with Crippen LogP contribution in [0.25, 0.3) is 44.5 Å². The van der Waals surface area contributed by atoms with Crippen LogP contribution < -0.4 is 0 Å². The molecule has 0 amide bonds. The summed E-state index contributed by atoms with van der Waals surface area (Å²) < 4.78 is 0. The highest BCUT2D eigenvalue weighted by atomic mass is 14.8. The summed E-state index contributed by atoms with van der Waals surface area (Å²) in [6.07, 6.45) is 0. The standard InChI is InChI=1S/C31H32N4/c1-19-28(30(2,3)4)34-23-15-13-21(17-25(23)32-19)22-14-16-24-26(18-22)33-27(20-11-9-8-10-12-20)29(35-24)31(5,6)7/h8-18H,1-7H3. The summed E-state index contributed by atoms with van der Waals surface area (Å²) in [6, 6.07) is 23.0. The van der Waals surface area contributed by atoms with E-state index in [4.69, 9.17) is 19.9 Å². The van der Waals surface area contributed by atoms with E-state index in [1.807, 2.05) is 25.1 Å². The van der Waals surface area contributed by atoms with Crippen molar-refractivity contribution in [2.24, 2.45) is 0 Å². The topological polar surface area (TPSA) is 51.6 Å². The molecule has 0 fully saturated rings. The average molecular weight is 461 g/mol. The van der Waals surface area contributed by atoms with Crippen molar-refractivity contribution in [3.63, 3.8) is 0 Å². The number of nitrogens with zero attached hydrogens (tertiary/aromatic N) is 4. The van der Waals surface area contributed by atoms with Gasteiger partial charge in [0.05, 0.1) is 44.8 Å². The van der Waals surface area contributed by atoms with E-state index in [0.29, 0.717) is 0 Å². The maximum Gasteiger partial charge on any atom is 0.0930 e. The van der Waals surface area contributed by atoms with Gasteiger partial charge in [-0.05, 0) is 42.3 Å². The third kappa shape index (κ3) is 4.41. The minimum atomic E-state index is -0.119. The van der Waals surface area contributed by atoms with Crippen LogP contribution in [0, 0.1) is 6.92 Å². The Morgan fingerprint density at radius 2 is 1.00 bits per heavy atom. The fraction of sp³-hybridized carbons (Fsp3) is 0.290. The molecule has 0 N–H and O–H groups in total. The zero-order chi connectivity index (χ0) is 25.0. The number of aromatic nitrogens is 4. The summed E-state index contributed by atoms with van der Waals surface area (Å²) in [5.41, 5.74) is 10.7. The molecule has 2 heterocycles. The van der Waals surface area contributed by atoms with E-state index in [1.54, 1.807) is 0 Å². The van der Waals surface area contributed by atoms with E-state index < -0.39 is 0 Å². The highest BCUT2D eigenvalue weighted by Crippen LogP contribution is 2.33. The first-order valence-corrected chi connectivity index (χ1v) is 12.2. The molecule has 0 saturated heterocycles. The van der Waals surface area contributed by atoms with E-state index >= 15 is 0 Å². The quantitative estimate of drug-likeness (QED) is 0.269. The molecule has 0 atom stereocenters. The monoisotopic (exact) mass is 460 g/mol. The second-order valence-corrected chi connectivity index (χ2v) is 11.4. The minimum Gasteiger partial charge on any atom is -0.250 e. The van der Waals surface area contributed by atoms with Crippen LogP contribution in [0.1, 0.15) is 58.6 Å². The van der Waals surface area contributed by atoms with Crippen molar-refractivity contribution in [3.05, 3.63) is 83.8 Å². The summed E-state index contributed by atoms with van der Waals surface area (Å²) in [6.45, 7) is 15.1. The molecule has 4 heteroatoms. The fourth-order valence-electron chi connectivity index (χ4n) is 4.59. The van der Waals surface area contributed by atoms with Crippen LogP contribution in [0.5, 0.6) is 0 Å². The maximum atomic E-state index is 5.12. The molecule has 0 aliphatic carbocycles. The largest absolute Gasteiger partial charge is 0.250 e. The molecule has 0 unspecified atom stereocenters. The lowest BCUT2D eigenvalue weighted by Crippen LogP contribution is -2.16. The Morgan fingerprint density at radius 3 is 1.54 bits per heavy atom. The molecule has 0 bridgehead atoms. The van der Waals surface area contributed by atoms with Crippen molar-refractivity contribution in [1.29, 1.82) is 0 Å². The summed E-state index contributed by atoms with van der Waals surface area (Å²) >= 11 is 0. The van der Waals surface area contributed by atoms with Gasteiger partial charge in [-0.15, -0.1) is 0 Å².